The largest absolute Gasteiger partial charge is 0.305 e. The Kier molecular flexibility index (Phi) is 6.90. The molecule has 6 nitrogen and oxygen atoms in total. The van der Waals surface area contributed by atoms with E-state index in [0.29, 0.717) is 22.5 Å². The first-order valence-electron chi connectivity index (χ1n) is 8.86. The highest BCUT2D eigenvalue weighted by molar-refractivity contribution is 7.99. The fourth-order valence-electron chi connectivity index (χ4n) is 2.70. The number of hydrogen-bond acceptors (Lipinski definition) is 5. The lowest BCUT2D eigenvalue weighted by atomic mass is 10.2. The van der Waals surface area contributed by atoms with Gasteiger partial charge in [-0.3, -0.25) is 0 Å². The lowest BCUT2D eigenvalue weighted by Crippen LogP contribution is -2.29. The lowest BCUT2D eigenvalue weighted by Gasteiger charge is -2.15. The van der Waals surface area contributed by atoms with E-state index in [9.17, 15) is 8.42 Å². The minimum absolute atomic E-state index is 0.0376. The van der Waals surface area contributed by atoms with Crippen molar-refractivity contribution in [2.24, 2.45) is 0 Å². The minimum atomic E-state index is -3.81. The van der Waals surface area contributed by atoms with Crippen LogP contribution >= 0.6 is 35.0 Å². The smallest absolute Gasteiger partial charge is 0.241 e. The average molecular weight is 471 g/mol. The highest BCUT2D eigenvalue weighted by Gasteiger charge is 2.24. The lowest BCUT2D eigenvalue weighted by molar-refractivity contribution is 0.539. The Morgan fingerprint density at radius 2 is 1.79 bits per heavy atom. The summed E-state index contributed by atoms with van der Waals surface area (Å²) in [5.74, 6) is 0.533. The molecule has 1 heterocycles. The SMILES string of the molecule is CCn1c(Sc2ccc(C)cc2)nnc1C(C)NS(=O)(=O)c1ccc(Cl)c(Cl)c1. The van der Waals surface area contributed by atoms with Gasteiger partial charge in [0.05, 0.1) is 21.0 Å². The summed E-state index contributed by atoms with van der Waals surface area (Å²) in [6, 6.07) is 11.7. The van der Waals surface area contributed by atoms with Gasteiger partial charge in [0.15, 0.2) is 11.0 Å². The number of nitrogens with zero attached hydrogens (tertiary/aromatic N) is 3. The van der Waals surface area contributed by atoms with Gasteiger partial charge in [-0.05, 0) is 62.9 Å². The maximum atomic E-state index is 12.7. The van der Waals surface area contributed by atoms with E-state index in [4.69, 9.17) is 23.2 Å². The molecule has 3 rings (SSSR count). The van der Waals surface area contributed by atoms with E-state index in [1.807, 2.05) is 42.7 Å². The first-order valence-corrected chi connectivity index (χ1v) is 11.9. The van der Waals surface area contributed by atoms with Crippen LogP contribution in [0.5, 0.6) is 0 Å². The Morgan fingerprint density at radius 3 is 2.41 bits per heavy atom. The topological polar surface area (TPSA) is 76.9 Å². The van der Waals surface area contributed by atoms with E-state index in [-0.39, 0.29) is 9.92 Å². The average Bonchev–Trinajstić information content (AvgIpc) is 3.08. The zero-order chi connectivity index (χ0) is 21.2. The molecule has 0 aliphatic rings. The molecule has 0 saturated heterocycles. The number of aromatic nitrogens is 3. The molecular weight excluding hydrogens is 451 g/mol. The Labute approximate surface area is 184 Å². The molecule has 0 spiro atoms. The van der Waals surface area contributed by atoms with Crippen molar-refractivity contribution in [1.82, 2.24) is 19.5 Å². The van der Waals surface area contributed by atoms with Crippen LogP contribution in [0.15, 0.2) is 57.4 Å². The number of hydrogen-bond donors (Lipinski definition) is 1. The van der Waals surface area contributed by atoms with E-state index < -0.39 is 16.1 Å². The van der Waals surface area contributed by atoms with Gasteiger partial charge in [0.25, 0.3) is 0 Å². The second-order valence-corrected chi connectivity index (χ2v) is 9.99. The molecule has 3 aromatic rings. The number of sulfonamides is 1. The molecule has 2 aromatic carbocycles. The molecule has 29 heavy (non-hydrogen) atoms. The zero-order valence-corrected chi connectivity index (χ0v) is 19.2. The summed E-state index contributed by atoms with van der Waals surface area (Å²) >= 11 is 13.3. The van der Waals surface area contributed by atoms with Crippen molar-refractivity contribution in [2.45, 2.75) is 48.3 Å². The summed E-state index contributed by atoms with van der Waals surface area (Å²) < 4.78 is 30.0. The van der Waals surface area contributed by atoms with E-state index in [0.717, 1.165) is 4.90 Å². The van der Waals surface area contributed by atoms with Gasteiger partial charge in [0.2, 0.25) is 10.0 Å². The van der Waals surface area contributed by atoms with Gasteiger partial charge in [0.1, 0.15) is 0 Å². The van der Waals surface area contributed by atoms with Crippen LogP contribution in [0.4, 0.5) is 0 Å². The Morgan fingerprint density at radius 1 is 1.10 bits per heavy atom. The van der Waals surface area contributed by atoms with E-state index in [2.05, 4.69) is 14.9 Å². The van der Waals surface area contributed by atoms with Crippen LogP contribution in [-0.2, 0) is 16.6 Å². The van der Waals surface area contributed by atoms with Crippen LogP contribution in [0, 0.1) is 6.92 Å². The maximum Gasteiger partial charge on any atom is 0.241 e. The van der Waals surface area contributed by atoms with E-state index in [1.54, 1.807) is 6.92 Å². The summed E-state index contributed by atoms with van der Waals surface area (Å²) in [5.41, 5.74) is 1.18. The molecule has 1 N–H and O–H groups in total. The highest BCUT2D eigenvalue weighted by atomic mass is 35.5. The van der Waals surface area contributed by atoms with Gasteiger partial charge in [-0.25, -0.2) is 13.1 Å². The molecule has 154 valence electrons. The predicted molar refractivity (Wildman–Crippen MR) is 116 cm³/mol. The predicted octanol–water partition coefficient (Wildman–Crippen LogP) is 5.10. The standard InChI is InChI=1S/C19H20Cl2N4O2S2/c1-4-25-18(22-23-19(25)28-14-7-5-12(2)6-8-14)13(3)24-29(26,27)15-9-10-16(20)17(21)11-15/h5-11,13,24H,4H2,1-3H3. The summed E-state index contributed by atoms with van der Waals surface area (Å²) in [5, 5.41) is 9.66. The third-order valence-electron chi connectivity index (χ3n) is 4.21. The normalized spacial score (nSPS) is 12.9. The molecule has 0 fully saturated rings. The highest BCUT2D eigenvalue weighted by Crippen LogP contribution is 2.29. The second kappa shape index (κ2) is 9.06. The fourth-order valence-corrected chi connectivity index (χ4v) is 5.19. The quantitative estimate of drug-likeness (QED) is 0.519. The number of rotatable bonds is 7. The fraction of sp³-hybridized carbons (Fsp3) is 0.263. The first-order chi connectivity index (χ1) is 13.7. The molecule has 0 amide bonds. The number of nitrogens with one attached hydrogen (secondary N) is 1. The summed E-state index contributed by atoms with van der Waals surface area (Å²) in [4.78, 5) is 1.07. The third kappa shape index (κ3) is 5.13. The van der Waals surface area contributed by atoms with Crippen molar-refractivity contribution in [3.8, 4) is 0 Å². The van der Waals surface area contributed by atoms with E-state index in [1.165, 1.54) is 35.5 Å². The molecule has 1 aromatic heterocycles. The second-order valence-electron chi connectivity index (χ2n) is 6.42. The van der Waals surface area contributed by atoms with Crippen molar-refractivity contribution in [3.63, 3.8) is 0 Å². The molecule has 1 atom stereocenters. The number of aryl methyl sites for hydroxylation is 1. The summed E-state index contributed by atoms with van der Waals surface area (Å²) in [6.45, 7) is 6.33. The van der Waals surface area contributed by atoms with Gasteiger partial charge < -0.3 is 4.57 Å². The molecule has 0 radical (unpaired) electrons. The first kappa shape index (κ1) is 22.1. The van der Waals surface area contributed by atoms with E-state index >= 15 is 0 Å². The minimum Gasteiger partial charge on any atom is -0.305 e. The molecule has 1 unspecified atom stereocenters. The number of halogens is 2. The zero-order valence-electron chi connectivity index (χ0n) is 16.1. The summed E-state index contributed by atoms with van der Waals surface area (Å²) in [7, 11) is -3.81. The van der Waals surface area contributed by atoms with Crippen molar-refractivity contribution < 1.29 is 8.42 Å². The maximum absolute atomic E-state index is 12.7. The van der Waals surface area contributed by atoms with Crippen LogP contribution in [0.2, 0.25) is 10.0 Å². The molecule has 10 heteroatoms. The van der Waals surface area contributed by atoms with Crippen LogP contribution in [0.1, 0.15) is 31.3 Å². The van der Waals surface area contributed by atoms with Gasteiger partial charge >= 0.3 is 0 Å². The van der Waals surface area contributed by atoms with Crippen molar-refractivity contribution >= 4 is 45.0 Å². The Hall–Kier alpha value is -1.58. The van der Waals surface area contributed by atoms with Crippen molar-refractivity contribution in [2.75, 3.05) is 0 Å². The molecule has 0 bridgehead atoms. The molecule has 0 aliphatic heterocycles. The van der Waals surface area contributed by atoms with Crippen LogP contribution < -0.4 is 4.72 Å². The number of benzene rings is 2. The molecule has 0 saturated carbocycles. The monoisotopic (exact) mass is 470 g/mol. The van der Waals surface area contributed by atoms with Crippen molar-refractivity contribution in [3.05, 3.63) is 63.9 Å². The van der Waals surface area contributed by atoms with Crippen LogP contribution in [0.3, 0.4) is 0 Å². The third-order valence-corrected chi connectivity index (χ3v) is 7.48. The molecule has 0 aliphatic carbocycles. The molecular formula is C19H20Cl2N4O2S2. The Bertz CT molecular complexity index is 1120. The summed E-state index contributed by atoms with van der Waals surface area (Å²) in [6.07, 6.45) is 0. The van der Waals surface area contributed by atoms with Crippen LogP contribution in [-0.4, -0.2) is 23.2 Å². The Balaban J connectivity index is 1.83. The van der Waals surface area contributed by atoms with Gasteiger partial charge in [-0.2, -0.15) is 0 Å². The van der Waals surface area contributed by atoms with Gasteiger partial charge in [-0.1, -0.05) is 40.9 Å². The van der Waals surface area contributed by atoms with Crippen molar-refractivity contribution in [1.29, 1.82) is 0 Å². The van der Waals surface area contributed by atoms with Gasteiger partial charge in [0, 0.05) is 11.4 Å². The van der Waals surface area contributed by atoms with Gasteiger partial charge in [-0.15, -0.1) is 10.2 Å². The van der Waals surface area contributed by atoms with Crippen LogP contribution in [0.25, 0.3) is 0 Å².